The molecule has 0 heterocycles. The van der Waals surface area contributed by atoms with E-state index in [1.165, 1.54) is 42.7 Å². The van der Waals surface area contributed by atoms with Crippen molar-refractivity contribution in [2.45, 2.75) is 4.90 Å². The predicted octanol–water partition coefficient (Wildman–Crippen LogP) is 3.35. The average Bonchev–Trinajstić information content (AvgIpc) is 2.65. The van der Waals surface area contributed by atoms with Crippen LogP contribution in [0.25, 0.3) is 0 Å². The number of carbonyl (C=O) groups excluding carboxylic acids is 1. The van der Waals surface area contributed by atoms with Crippen LogP contribution in [0.2, 0.25) is 5.02 Å². The summed E-state index contributed by atoms with van der Waals surface area (Å²) in [6, 6.07) is 12.7. The Kier molecular flexibility index (Phi) is 6.42. The molecule has 8 heteroatoms. The lowest BCUT2D eigenvalue weighted by molar-refractivity contribution is -0.0757. The zero-order chi connectivity index (χ0) is 19.3. The number of amides is 1. The van der Waals surface area contributed by atoms with Crippen molar-refractivity contribution in [1.82, 2.24) is 5.06 Å². The lowest BCUT2D eigenvalue weighted by atomic mass is 10.2. The van der Waals surface area contributed by atoms with Gasteiger partial charge in [-0.2, -0.15) is 0 Å². The summed E-state index contributed by atoms with van der Waals surface area (Å²) in [5.41, 5.74) is 0.609. The Morgan fingerprint density at radius 1 is 1.23 bits per heavy atom. The highest BCUT2D eigenvalue weighted by molar-refractivity contribution is 7.93. The first-order valence-electron chi connectivity index (χ1n) is 7.63. The van der Waals surface area contributed by atoms with Gasteiger partial charge in [0.05, 0.1) is 24.4 Å². The van der Waals surface area contributed by atoms with Crippen molar-refractivity contribution in [3.63, 3.8) is 0 Å². The van der Waals surface area contributed by atoms with Gasteiger partial charge in [0, 0.05) is 12.6 Å². The molecule has 138 valence electrons. The van der Waals surface area contributed by atoms with E-state index in [1.807, 2.05) is 0 Å². The molecule has 0 atom stereocenters. The second-order valence-corrected chi connectivity index (χ2v) is 7.53. The summed E-state index contributed by atoms with van der Waals surface area (Å²) in [6.07, 6.45) is 1.48. The van der Waals surface area contributed by atoms with Gasteiger partial charge in [-0.15, -0.1) is 6.58 Å². The monoisotopic (exact) mass is 394 g/mol. The number of rotatable bonds is 7. The fraction of sp³-hybridized carbons (Fsp3) is 0.167. The molecule has 1 amide bonds. The van der Waals surface area contributed by atoms with E-state index in [0.717, 1.165) is 5.06 Å². The highest BCUT2D eigenvalue weighted by atomic mass is 35.5. The highest BCUT2D eigenvalue weighted by Gasteiger charge is 2.28. The minimum Gasteiger partial charge on any atom is -0.274 e. The van der Waals surface area contributed by atoms with Gasteiger partial charge in [-0.1, -0.05) is 35.9 Å². The molecule has 0 bridgehead atoms. The normalized spacial score (nSPS) is 11.0. The summed E-state index contributed by atoms with van der Waals surface area (Å²) in [4.78, 5) is 17.0. The number of hydroxylamine groups is 2. The fourth-order valence-corrected chi connectivity index (χ4v) is 4.21. The molecule has 0 saturated heterocycles. The van der Waals surface area contributed by atoms with E-state index in [4.69, 9.17) is 16.4 Å². The molecule has 0 unspecified atom stereocenters. The number of sulfonamides is 1. The summed E-state index contributed by atoms with van der Waals surface area (Å²) in [5, 5.41) is 1.02. The number of carbonyl (C=O) groups is 1. The van der Waals surface area contributed by atoms with Crippen molar-refractivity contribution < 1.29 is 18.0 Å². The van der Waals surface area contributed by atoms with Crippen molar-refractivity contribution in [2.24, 2.45) is 0 Å². The minimum absolute atomic E-state index is 0.0200. The van der Waals surface area contributed by atoms with E-state index >= 15 is 0 Å². The quantitative estimate of drug-likeness (QED) is 0.533. The molecule has 6 nitrogen and oxygen atoms in total. The summed E-state index contributed by atoms with van der Waals surface area (Å²) < 4.78 is 27.6. The van der Waals surface area contributed by atoms with Gasteiger partial charge in [-0.3, -0.25) is 13.9 Å². The third-order valence-electron chi connectivity index (χ3n) is 3.65. The van der Waals surface area contributed by atoms with Crippen LogP contribution in [0.5, 0.6) is 0 Å². The SMILES string of the molecule is C=CCN(c1ccccc1)S(=O)(=O)c1cc(C(=O)N(C)OC)ccc1Cl. The first-order valence-corrected chi connectivity index (χ1v) is 9.45. The Morgan fingerprint density at radius 3 is 2.46 bits per heavy atom. The van der Waals surface area contributed by atoms with E-state index in [2.05, 4.69) is 6.58 Å². The van der Waals surface area contributed by atoms with Crippen LogP contribution < -0.4 is 4.31 Å². The van der Waals surface area contributed by atoms with Crippen LogP contribution in [0, 0.1) is 0 Å². The number of benzene rings is 2. The topological polar surface area (TPSA) is 66.9 Å². The van der Waals surface area contributed by atoms with Gasteiger partial charge in [0.1, 0.15) is 4.90 Å². The van der Waals surface area contributed by atoms with E-state index in [9.17, 15) is 13.2 Å². The largest absolute Gasteiger partial charge is 0.277 e. The average molecular weight is 395 g/mol. The van der Waals surface area contributed by atoms with Crippen LogP contribution in [0.4, 0.5) is 5.69 Å². The van der Waals surface area contributed by atoms with Gasteiger partial charge in [0.25, 0.3) is 15.9 Å². The van der Waals surface area contributed by atoms with Gasteiger partial charge in [-0.05, 0) is 30.3 Å². The highest BCUT2D eigenvalue weighted by Crippen LogP contribution is 2.29. The van der Waals surface area contributed by atoms with Crippen LogP contribution in [-0.2, 0) is 14.9 Å². The molecule has 2 aromatic carbocycles. The first kappa shape index (κ1) is 20.0. The van der Waals surface area contributed by atoms with Crippen molar-refractivity contribution in [1.29, 1.82) is 0 Å². The zero-order valence-electron chi connectivity index (χ0n) is 14.4. The lowest BCUT2D eigenvalue weighted by Gasteiger charge is -2.24. The summed E-state index contributed by atoms with van der Waals surface area (Å²) in [6.45, 7) is 3.67. The number of anilines is 1. The molecule has 0 radical (unpaired) electrons. The molecule has 0 saturated carbocycles. The van der Waals surface area contributed by atoms with Crippen molar-refractivity contribution in [3.05, 3.63) is 71.8 Å². The summed E-state index contributed by atoms with van der Waals surface area (Å²) in [5.74, 6) is -0.490. The maximum Gasteiger partial charge on any atom is 0.277 e. The number of hydrogen-bond acceptors (Lipinski definition) is 4. The Morgan fingerprint density at radius 2 is 1.88 bits per heavy atom. The molecular weight excluding hydrogens is 376 g/mol. The van der Waals surface area contributed by atoms with Gasteiger partial charge < -0.3 is 0 Å². The van der Waals surface area contributed by atoms with E-state index in [0.29, 0.717) is 5.69 Å². The first-order chi connectivity index (χ1) is 12.3. The molecule has 26 heavy (non-hydrogen) atoms. The van der Waals surface area contributed by atoms with Crippen molar-refractivity contribution >= 4 is 33.2 Å². The lowest BCUT2D eigenvalue weighted by Crippen LogP contribution is -2.32. The number of halogens is 1. The third-order valence-corrected chi connectivity index (χ3v) is 5.92. The van der Waals surface area contributed by atoms with Gasteiger partial charge in [-0.25, -0.2) is 13.5 Å². The molecule has 0 spiro atoms. The second kappa shape index (κ2) is 8.35. The maximum atomic E-state index is 13.2. The fourth-order valence-electron chi connectivity index (χ4n) is 2.27. The minimum atomic E-state index is -4.02. The molecule has 0 aliphatic carbocycles. The van der Waals surface area contributed by atoms with E-state index in [-0.39, 0.29) is 22.0 Å². The molecule has 2 aromatic rings. The second-order valence-electron chi connectivity index (χ2n) is 5.29. The van der Waals surface area contributed by atoms with Gasteiger partial charge in [0.15, 0.2) is 0 Å². The zero-order valence-corrected chi connectivity index (χ0v) is 16.0. The Hall–Kier alpha value is -2.35. The maximum absolute atomic E-state index is 13.2. The van der Waals surface area contributed by atoms with Crippen LogP contribution in [0.15, 0.2) is 66.1 Å². The molecule has 0 aliphatic rings. The molecule has 0 aliphatic heterocycles. The van der Waals surface area contributed by atoms with Crippen LogP contribution >= 0.6 is 11.6 Å². The molecule has 2 rings (SSSR count). The number of nitrogens with zero attached hydrogens (tertiary/aromatic N) is 2. The van der Waals surface area contributed by atoms with Crippen LogP contribution in [-0.4, -0.2) is 40.1 Å². The Bertz CT molecular complexity index is 901. The van der Waals surface area contributed by atoms with Crippen LogP contribution in [0.1, 0.15) is 10.4 Å². The van der Waals surface area contributed by atoms with Gasteiger partial charge in [0.2, 0.25) is 0 Å². The van der Waals surface area contributed by atoms with E-state index < -0.39 is 15.9 Å². The molecule has 0 aromatic heterocycles. The molecular formula is C18H19ClN2O4S. The van der Waals surface area contributed by atoms with Crippen LogP contribution in [0.3, 0.4) is 0 Å². The third kappa shape index (κ3) is 4.07. The molecule has 0 fully saturated rings. The smallest absolute Gasteiger partial charge is 0.274 e. The molecule has 0 N–H and O–H groups in total. The van der Waals surface area contributed by atoms with Gasteiger partial charge >= 0.3 is 0 Å². The Labute approximate surface area is 158 Å². The standard InChI is InChI=1S/C18H19ClN2O4S/c1-4-12-21(15-8-6-5-7-9-15)26(23,24)17-13-14(10-11-16(17)19)18(22)20(2)25-3/h4-11,13H,1,12H2,2-3H3. The Balaban J connectivity index is 2.56. The summed E-state index contributed by atoms with van der Waals surface area (Å²) in [7, 11) is -1.25. The predicted molar refractivity (Wildman–Crippen MR) is 102 cm³/mol. The van der Waals surface area contributed by atoms with Crippen molar-refractivity contribution in [2.75, 3.05) is 25.0 Å². The van der Waals surface area contributed by atoms with E-state index in [1.54, 1.807) is 30.3 Å². The summed E-state index contributed by atoms with van der Waals surface area (Å²) >= 11 is 6.14. The number of hydrogen-bond donors (Lipinski definition) is 0. The van der Waals surface area contributed by atoms with Crippen molar-refractivity contribution in [3.8, 4) is 0 Å². The number of para-hydroxylation sites is 1.